The molecule has 0 radical (unpaired) electrons. The third-order valence-corrected chi connectivity index (χ3v) is 6.09. The molecule has 174 valence electrons. The summed E-state index contributed by atoms with van der Waals surface area (Å²) in [5.74, 6) is 0.0989. The largest absolute Gasteiger partial charge is 0.497 e. The molecule has 0 saturated carbocycles. The zero-order chi connectivity index (χ0) is 24.6. The molecule has 2 aromatic carbocycles. The zero-order valence-corrected chi connectivity index (χ0v) is 18.8. The highest BCUT2D eigenvalue weighted by atomic mass is 32.2. The van der Waals surface area contributed by atoms with Gasteiger partial charge in [0, 0.05) is 6.08 Å². The molecule has 0 unspecified atom stereocenters. The number of hydrogen-bond donors (Lipinski definition) is 0. The van der Waals surface area contributed by atoms with E-state index in [4.69, 9.17) is 21.4 Å². The highest BCUT2D eigenvalue weighted by molar-refractivity contribution is 8.27. The lowest BCUT2D eigenvalue weighted by molar-refractivity contribution is -0.384. The molecule has 1 saturated heterocycles. The van der Waals surface area contributed by atoms with Crippen molar-refractivity contribution in [2.45, 2.75) is 6.18 Å². The predicted octanol–water partition coefficient (Wildman–Crippen LogP) is 6.29. The van der Waals surface area contributed by atoms with Crippen LogP contribution in [0.3, 0.4) is 0 Å². The van der Waals surface area contributed by atoms with E-state index in [1.165, 1.54) is 49.6 Å². The highest BCUT2D eigenvalue weighted by Crippen LogP contribution is 2.39. The Hall–Kier alpha value is -3.64. The standard InChI is InChI=1S/C22H13F3N2O5S2/c1-31-14-5-7-16(17(10-14)27(29)30)18-8-6-15(32-18)11-19-20(28)26(21(33)34-19)13-4-2-3-12(9-13)22(23,24)25/h2-11H,1H3. The summed E-state index contributed by atoms with van der Waals surface area (Å²) >= 11 is 6.12. The number of rotatable bonds is 5. The molecule has 4 rings (SSSR count). The van der Waals surface area contributed by atoms with Crippen molar-refractivity contribution >= 4 is 51.7 Å². The molecule has 3 aromatic rings. The van der Waals surface area contributed by atoms with Crippen molar-refractivity contribution in [2.75, 3.05) is 12.0 Å². The molecule has 0 spiro atoms. The lowest BCUT2D eigenvalue weighted by atomic mass is 10.1. The first-order chi connectivity index (χ1) is 16.1. The van der Waals surface area contributed by atoms with Gasteiger partial charge in [-0.3, -0.25) is 19.8 Å². The lowest BCUT2D eigenvalue weighted by Crippen LogP contribution is -2.27. The Kier molecular flexibility index (Phi) is 6.19. The van der Waals surface area contributed by atoms with E-state index in [9.17, 15) is 28.1 Å². The minimum absolute atomic E-state index is 0.00489. The third-order valence-electron chi connectivity index (χ3n) is 4.79. The fourth-order valence-electron chi connectivity index (χ4n) is 3.21. The van der Waals surface area contributed by atoms with Crippen molar-refractivity contribution in [3.05, 3.63) is 80.9 Å². The number of ether oxygens (including phenoxy) is 1. The van der Waals surface area contributed by atoms with Gasteiger partial charge in [-0.05, 0) is 42.5 Å². The number of hydrogen-bond acceptors (Lipinski definition) is 7. The minimum Gasteiger partial charge on any atom is -0.497 e. The van der Waals surface area contributed by atoms with Crippen molar-refractivity contribution in [1.82, 2.24) is 0 Å². The first kappa shape index (κ1) is 23.5. The highest BCUT2D eigenvalue weighted by Gasteiger charge is 2.36. The van der Waals surface area contributed by atoms with E-state index in [1.54, 1.807) is 6.07 Å². The Morgan fingerprint density at radius 2 is 1.94 bits per heavy atom. The van der Waals surface area contributed by atoms with Gasteiger partial charge < -0.3 is 9.15 Å². The summed E-state index contributed by atoms with van der Waals surface area (Å²) in [5, 5.41) is 11.4. The van der Waals surface area contributed by atoms with Crippen LogP contribution in [0.4, 0.5) is 24.5 Å². The SMILES string of the molecule is COc1ccc(-c2ccc(C=C3SC(=S)N(c4cccc(C(F)(F)F)c4)C3=O)o2)c([N+](=O)[O-])c1. The number of alkyl halides is 3. The molecule has 0 N–H and O–H groups in total. The minimum atomic E-state index is -4.57. The topological polar surface area (TPSA) is 85.8 Å². The van der Waals surface area contributed by atoms with Crippen molar-refractivity contribution < 1.29 is 32.0 Å². The van der Waals surface area contributed by atoms with Gasteiger partial charge in [-0.1, -0.05) is 30.0 Å². The van der Waals surface area contributed by atoms with E-state index in [0.717, 1.165) is 28.8 Å². The number of furan rings is 1. The first-order valence-electron chi connectivity index (χ1n) is 9.46. The fourth-order valence-corrected chi connectivity index (χ4v) is 4.49. The number of methoxy groups -OCH3 is 1. The quantitative estimate of drug-likeness (QED) is 0.174. The van der Waals surface area contributed by atoms with Crippen molar-refractivity contribution in [3.8, 4) is 17.1 Å². The maximum Gasteiger partial charge on any atom is 0.416 e. The van der Waals surface area contributed by atoms with Gasteiger partial charge in [0.05, 0.1) is 39.8 Å². The Labute approximate surface area is 200 Å². The molecular formula is C22H13F3N2O5S2. The van der Waals surface area contributed by atoms with E-state index in [1.807, 2.05) is 0 Å². The monoisotopic (exact) mass is 506 g/mol. The number of carbonyl (C=O) groups is 1. The van der Waals surface area contributed by atoms with Crippen molar-refractivity contribution in [3.63, 3.8) is 0 Å². The molecular weight excluding hydrogens is 493 g/mol. The Bertz CT molecular complexity index is 1350. The number of thioether (sulfide) groups is 1. The number of nitro groups is 1. The maximum atomic E-state index is 13.1. The van der Waals surface area contributed by atoms with Crippen LogP contribution in [0.25, 0.3) is 17.4 Å². The number of anilines is 1. The molecule has 7 nitrogen and oxygen atoms in total. The fraction of sp³-hybridized carbons (Fsp3) is 0.0909. The van der Waals surface area contributed by atoms with Crippen LogP contribution in [0.15, 0.2) is 63.9 Å². The molecule has 1 fully saturated rings. The number of amides is 1. The number of carbonyl (C=O) groups excluding carboxylic acids is 1. The average molecular weight is 506 g/mol. The normalized spacial score (nSPS) is 15.3. The number of nitrogens with zero attached hydrogens (tertiary/aromatic N) is 2. The lowest BCUT2D eigenvalue weighted by Gasteiger charge is -2.16. The van der Waals surface area contributed by atoms with Gasteiger partial charge in [-0.25, -0.2) is 0 Å². The van der Waals surface area contributed by atoms with Crippen LogP contribution < -0.4 is 9.64 Å². The summed E-state index contributed by atoms with van der Waals surface area (Å²) in [6.45, 7) is 0. The molecule has 1 amide bonds. The molecule has 1 aromatic heterocycles. The number of thiocarbonyl (C=S) groups is 1. The molecule has 34 heavy (non-hydrogen) atoms. The first-order valence-corrected chi connectivity index (χ1v) is 10.7. The summed E-state index contributed by atoms with van der Waals surface area (Å²) in [6.07, 6.45) is -3.19. The number of benzene rings is 2. The van der Waals surface area contributed by atoms with E-state index in [2.05, 4.69) is 0 Å². The second-order valence-electron chi connectivity index (χ2n) is 6.91. The van der Waals surface area contributed by atoms with Crippen LogP contribution in [0.5, 0.6) is 5.75 Å². The molecule has 2 heterocycles. The van der Waals surface area contributed by atoms with Crippen molar-refractivity contribution in [2.24, 2.45) is 0 Å². The predicted molar refractivity (Wildman–Crippen MR) is 124 cm³/mol. The van der Waals surface area contributed by atoms with E-state index in [0.29, 0.717) is 5.75 Å². The molecule has 0 atom stereocenters. The maximum absolute atomic E-state index is 13.1. The van der Waals surface area contributed by atoms with Gasteiger partial charge in [0.15, 0.2) is 4.32 Å². The second-order valence-corrected chi connectivity index (χ2v) is 8.58. The Morgan fingerprint density at radius 3 is 2.62 bits per heavy atom. The molecule has 1 aliphatic rings. The molecule has 0 aliphatic carbocycles. The molecule has 12 heteroatoms. The zero-order valence-electron chi connectivity index (χ0n) is 17.2. The number of halogens is 3. The summed E-state index contributed by atoms with van der Waals surface area (Å²) in [6, 6.07) is 11.6. The van der Waals surface area contributed by atoms with Gasteiger partial charge in [0.2, 0.25) is 0 Å². The Balaban J connectivity index is 1.63. The van der Waals surface area contributed by atoms with Crippen LogP contribution in [0.1, 0.15) is 11.3 Å². The second kappa shape index (κ2) is 8.95. The van der Waals surface area contributed by atoms with Gasteiger partial charge in [-0.15, -0.1) is 0 Å². The van der Waals surface area contributed by atoms with E-state index < -0.39 is 22.6 Å². The summed E-state index contributed by atoms with van der Waals surface area (Å²) in [5.41, 5.74) is -0.924. The van der Waals surface area contributed by atoms with E-state index >= 15 is 0 Å². The average Bonchev–Trinajstić information content (AvgIpc) is 3.36. The summed E-state index contributed by atoms with van der Waals surface area (Å²) in [4.78, 5) is 24.9. The van der Waals surface area contributed by atoms with Crippen LogP contribution in [-0.4, -0.2) is 22.3 Å². The Morgan fingerprint density at radius 1 is 1.18 bits per heavy atom. The summed E-state index contributed by atoms with van der Waals surface area (Å²) < 4.78 is 50.0. The van der Waals surface area contributed by atoms with Gasteiger partial charge in [0.25, 0.3) is 11.6 Å². The van der Waals surface area contributed by atoms with Crippen LogP contribution in [-0.2, 0) is 11.0 Å². The number of nitro benzene ring substituents is 1. The van der Waals surface area contributed by atoms with Gasteiger partial charge >= 0.3 is 6.18 Å². The molecule has 1 aliphatic heterocycles. The molecule has 0 bridgehead atoms. The smallest absolute Gasteiger partial charge is 0.416 e. The van der Waals surface area contributed by atoms with Crippen LogP contribution in [0.2, 0.25) is 0 Å². The third kappa shape index (κ3) is 4.54. The summed E-state index contributed by atoms with van der Waals surface area (Å²) in [7, 11) is 1.39. The van der Waals surface area contributed by atoms with Gasteiger partial charge in [0.1, 0.15) is 17.3 Å². The van der Waals surface area contributed by atoms with E-state index in [-0.39, 0.29) is 37.7 Å². The van der Waals surface area contributed by atoms with Crippen molar-refractivity contribution in [1.29, 1.82) is 0 Å². The van der Waals surface area contributed by atoms with Crippen LogP contribution in [0, 0.1) is 10.1 Å². The van der Waals surface area contributed by atoms with Gasteiger partial charge in [-0.2, -0.15) is 13.2 Å². The van der Waals surface area contributed by atoms with Crippen LogP contribution >= 0.6 is 24.0 Å².